The Bertz CT molecular complexity index is 1000. The van der Waals surface area contributed by atoms with Crippen LogP contribution in [0.3, 0.4) is 0 Å². The molecule has 1 aromatic heterocycles. The van der Waals surface area contributed by atoms with Gasteiger partial charge in [-0.25, -0.2) is 0 Å². The molecule has 0 saturated carbocycles. The Balaban J connectivity index is 1.84. The Kier molecular flexibility index (Phi) is 7.65. The van der Waals surface area contributed by atoms with E-state index >= 15 is 0 Å². The van der Waals surface area contributed by atoms with E-state index in [1.165, 1.54) is 5.56 Å². The number of hydrogen-bond acceptors (Lipinski definition) is 5. The van der Waals surface area contributed by atoms with Crippen molar-refractivity contribution in [2.75, 3.05) is 20.3 Å². The van der Waals surface area contributed by atoms with Gasteiger partial charge in [-0.3, -0.25) is 9.36 Å². The van der Waals surface area contributed by atoms with Gasteiger partial charge in [-0.2, -0.15) is 0 Å². The molecule has 0 fully saturated rings. The van der Waals surface area contributed by atoms with Crippen molar-refractivity contribution in [1.29, 1.82) is 0 Å². The summed E-state index contributed by atoms with van der Waals surface area (Å²) >= 11 is 1.58. The first-order chi connectivity index (χ1) is 14.5. The maximum atomic E-state index is 12.6. The highest BCUT2D eigenvalue weighted by Gasteiger charge is 2.18. The highest BCUT2D eigenvalue weighted by molar-refractivity contribution is 7.98. The SMILES string of the molecule is COCCNC(=O)c1ccccc1CSc1nnc(C(C)C)n1-c1cccc(C)c1. The zero-order chi connectivity index (χ0) is 21.5. The number of ether oxygens (including phenoxy) is 1. The number of rotatable bonds is 9. The Hall–Kier alpha value is -2.64. The van der Waals surface area contributed by atoms with Crippen LogP contribution in [-0.2, 0) is 10.5 Å². The predicted octanol–water partition coefficient (Wildman–Crippen LogP) is 4.37. The van der Waals surface area contributed by atoms with Crippen molar-refractivity contribution in [3.05, 3.63) is 71.0 Å². The van der Waals surface area contributed by atoms with Gasteiger partial charge in [-0.1, -0.05) is 55.9 Å². The first-order valence-corrected chi connectivity index (χ1v) is 11.0. The van der Waals surface area contributed by atoms with Gasteiger partial charge >= 0.3 is 0 Å². The topological polar surface area (TPSA) is 69.0 Å². The zero-order valence-corrected chi connectivity index (χ0v) is 18.7. The Morgan fingerprint density at radius 3 is 2.70 bits per heavy atom. The number of carbonyl (C=O) groups is 1. The van der Waals surface area contributed by atoms with Crippen LogP contribution < -0.4 is 5.32 Å². The summed E-state index contributed by atoms with van der Waals surface area (Å²) in [6, 6.07) is 16.0. The van der Waals surface area contributed by atoms with Gasteiger partial charge in [0.1, 0.15) is 5.82 Å². The van der Waals surface area contributed by atoms with E-state index in [0.29, 0.717) is 24.5 Å². The third-order valence-corrected chi connectivity index (χ3v) is 5.62. The van der Waals surface area contributed by atoms with Gasteiger partial charge in [0, 0.05) is 36.6 Å². The molecule has 2 aromatic carbocycles. The number of nitrogens with zero attached hydrogens (tertiary/aromatic N) is 3. The molecule has 1 amide bonds. The van der Waals surface area contributed by atoms with E-state index in [0.717, 1.165) is 22.2 Å². The molecule has 158 valence electrons. The van der Waals surface area contributed by atoms with E-state index in [-0.39, 0.29) is 11.8 Å². The highest BCUT2D eigenvalue weighted by atomic mass is 32.2. The molecule has 0 spiro atoms. The lowest BCUT2D eigenvalue weighted by Crippen LogP contribution is -2.27. The van der Waals surface area contributed by atoms with E-state index in [9.17, 15) is 4.79 Å². The molecule has 0 aliphatic heterocycles. The summed E-state index contributed by atoms with van der Waals surface area (Å²) in [6.45, 7) is 7.28. The quantitative estimate of drug-likeness (QED) is 0.408. The molecule has 0 aliphatic rings. The van der Waals surface area contributed by atoms with Crippen molar-refractivity contribution in [2.24, 2.45) is 0 Å². The monoisotopic (exact) mass is 424 g/mol. The number of benzene rings is 2. The number of hydrogen-bond donors (Lipinski definition) is 1. The van der Waals surface area contributed by atoms with Crippen molar-refractivity contribution in [1.82, 2.24) is 20.1 Å². The van der Waals surface area contributed by atoms with E-state index in [1.807, 2.05) is 30.3 Å². The van der Waals surface area contributed by atoms with E-state index in [1.54, 1.807) is 18.9 Å². The second-order valence-electron chi connectivity index (χ2n) is 7.36. The third kappa shape index (κ3) is 5.29. The largest absolute Gasteiger partial charge is 0.383 e. The maximum Gasteiger partial charge on any atom is 0.251 e. The fourth-order valence-electron chi connectivity index (χ4n) is 3.13. The van der Waals surface area contributed by atoms with Crippen LogP contribution in [0.5, 0.6) is 0 Å². The Labute approximate surface area is 182 Å². The maximum absolute atomic E-state index is 12.6. The van der Waals surface area contributed by atoms with Crippen LogP contribution in [-0.4, -0.2) is 40.9 Å². The summed E-state index contributed by atoms with van der Waals surface area (Å²) in [6.07, 6.45) is 0. The van der Waals surface area contributed by atoms with Gasteiger partial charge in [0.05, 0.1) is 6.61 Å². The number of methoxy groups -OCH3 is 1. The average molecular weight is 425 g/mol. The number of nitrogens with one attached hydrogen (secondary N) is 1. The molecule has 3 aromatic rings. The van der Waals surface area contributed by atoms with Crippen LogP contribution in [0.15, 0.2) is 53.7 Å². The van der Waals surface area contributed by atoms with Gasteiger partial charge < -0.3 is 10.1 Å². The molecular formula is C23H28N4O2S. The standard InChI is InChI=1S/C23H28N4O2S/c1-16(2)21-25-26-23(27(21)19-10-7-8-17(3)14-19)30-15-18-9-5-6-11-20(18)22(28)24-12-13-29-4/h5-11,14,16H,12-13,15H2,1-4H3,(H,24,28). The number of aromatic nitrogens is 3. The molecule has 6 nitrogen and oxygen atoms in total. The number of aryl methyl sites for hydroxylation is 1. The molecule has 0 atom stereocenters. The smallest absolute Gasteiger partial charge is 0.251 e. The summed E-state index contributed by atoms with van der Waals surface area (Å²) in [5.74, 6) is 1.70. The second kappa shape index (κ2) is 10.4. The molecule has 0 bridgehead atoms. The summed E-state index contributed by atoms with van der Waals surface area (Å²) in [5.41, 5.74) is 3.87. The van der Waals surface area contributed by atoms with E-state index in [4.69, 9.17) is 4.74 Å². The normalized spacial score (nSPS) is 11.1. The molecule has 0 unspecified atom stereocenters. The lowest BCUT2D eigenvalue weighted by Gasteiger charge is -2.13. The molecule has 0 radical (unpaired) electrons. The van der Waals surface area contributed by atoms with Gasteiger partial charge in [-0.05, 0) is 36.2 Å². The van der Waals surface area contributed by atoms with Crippen LogP contribution in [0.2, 0.25) is 0 Å². The van der Waals surface area contributed by atoms with Crippen molar-refractivity contribution in [2.45, 2.75) is 37.6 Å². The van der Waals surface area contributed by atoms with Crippen molar-refractivity contribution in [3.8, 4) is 5.69 Å². The van der Waals surface area contributed by atoms with Crippen LogP contribution >= 0.6 is 11.8 Å². The summed E-state index contributed by atoms with van der Waals surface area (Å²) in [4.78, 5) is 12.6. The Morgan fingerprint density at radius 1 is 1.17 bits per heavy atom. The minimum Gasteiger partial charge on any atom is -0.383 e. The summed E-state index contributed by atoms with van der Waals surface area (Å²) in [7, 11) is 1.62. The molecule has 7 heteroatoms. The van der Waals surface area contributed by atoms with Gasteiger partial charge in [-0.15, -0.1) is 10.2 Å². The van der Waals surface area contributed by atoms with Crippen LogP contribution in [0.25, 0.3) is 5.69 Å². The van der Waals surface area contributed by atoms with Crippen LogP contribution in [0, 0.1) is 6.92 Å². The lowest BCUT2D eigenvalue weighted by molar-refractivity contribution is 0.0936. The average Bonchev–Trinajstić information content (AvgIpc) is 3.17. The third-order valence-electron chi connectivity index (χ3n) is 4.65. The van der Waals surface area contributed by atoms with Crippen molar-refractivity contribution < 1.29 is 9.53 Å². The van der Waals surface area contributed by atoms with Crippen molar-refractivity contribution >= 4 is 17.7 Å². The van der Waals surface area contributed by atoms with Crippen LogP contribution in [0.4, 0.5) is 0 Å². The first kappa shape index (κ1) is 22.1. The molecule has 1 N–H and O–H groups in total. The fraction of sp³-hybridized carbons (Fsp3) is 0.348. The summed E-state index contributed by atoms with van der Waals surface area (Å²) in [5, 5.41) is 12.6. The van der Waals surface area contributed by atoms with E-state index in [2.05, 4.69) is 59.1 Å². The zero-order valence-electron chi connectivity index (χ0n) is 17.9. The fourth-order valence-corrected chi connectivity index (χ4v) is 4.09. The van der Waals surface area contributed by atoms with Gasteiger partial charge in [0.25, 0.3) is 5.91 Å². The first-order valence-electron chi connectivity index (χ1n) is 10.0. The highest BCUT2D eigenvalue weighted by Crippen LogP contribution is 2.29. The van der Waals surface area contributed by atoms with E-state index < -0.39 is 0 Å². The minimum absolute atomic E-state index is 0.0914. The van der Waals surface area contributed by atoms with Gasteiger partial charge in [0.15, 0.2) is 5.16 Å². The molecule has 0 saturated heterocycles. The molecule has 3 rings (SSSR count). The number of carbonyl (C=O) groups excluding carboxylic acids is 1. The number of amides is 1. The van der Waals surface area contributed by atoms with Crippen LogP contribution in [0.1, 0.15) is 47.1 Å². The minimum atomic E-state index is -0.0914. The van der Waals surface area contributed by atoms with Gasteiger partial charge in [0.2, 0.25) is 0 Å². The second-order valence-corrected chi connectivity index (χ2v) is 8.31. The predicted molar refractivity (Wildman–Crippen MR) is 120 cm³/mol. The molecule has 1 heterocycles. The lowest BCUT2D eigenvalue weighted by atomic mass is 10.1. The molecule has 0 aliphatic carbocycles. The molecule has 30 heavy (non-hydrogen) atoms. The van der Waals surface area contributed by atoms with Crippen molar-refractivity contribution in [3.63, 3.8) is 0 Å². The molecular weight excluding hydrogens is 396 g/mol. The summed E-state index contributed by atoms with van der Waals surface area (Å²) < 4.78 is 7.13. The Morgan fingerprint density at radius 2 is 1.97 bits per heavy atom. The number of thioether (sulfide) groups is 1.